The van der Waals surface area contributed by atoms with Crippen LogP contribution in [0.2, 0.25) is 0 Å². The number of rotatable bonds is 7. The first kappa shape index (κ1) is 32.6. The van der Waals surface area contributed by atoms with Crippen LogP contribution < -0.4 is 11.1 Å². The molecule has 0 radical (unpaired) electrons. The van der Waals surface area contributed by atoms with Crippen molar-refractivity contribution in [1.82, 2.24) is 10.2 Å². The highest BCUT2D eigenvalue weighted by Crippen LogP contribution is 2.51. The van der Waals surface area contributed by atoms with Crippen LogP contribution in [0, 0.1) is 23.7 Å². The summed E-state index contributed by atoms with van der Waals surface area (Å²) in [6.45, 7) is -0.696. The Morgan fingerprint density at radius 1 is 1.11 bits per heavy atom. The topological polar surface area (TPSA) is 231 Å². The number of nitrogens with two attached hydrogens (primary N) is 1. The summed E-state index contributed by atoms with van der Waals surface area (Å²) in [7, 11) is 4.12. The van der Waals surface area contributed by atoms with Crippen LogP contribution in [0.4, 0.5) is 0 Å². The van der Waals surface area contributed by atoms with Gasteiger partial charge in [0.15, 0.2) is 40.7 Å². The van der Waals surface area contributed by atoms with Gasteiger partial charge in [-0.15, -0.1) is 0 Å². The van der Waals surface area contributed by atoms with E-state index in [1.165, 1.54) is 37.2 Å². The molecular weight excluding hydrogens is 602 g/mol. The summed E-state index contributed by atoms with van der Waals surface area (Å²) in [4.78, 5) is 93.1. The number of carbonyl (C=O) groups is 7. The van der Waals surface area contributed by atoms with Crippen molar-refractivity contribution in [1.29, 1.82) is 0 Å². The van der Waals surface area contributed by atoms with Gasteiger partial charge in [0.1, 0.15) is 5.75 Å². The second-order valence-electron chi connectivity index (χ2n) is 12.1. The summed E-state index contributed by atoms with van der Waals surface area (Å²) in [6.07, 6.45) is -0.0849. The van der Waals surface area contributed by atoms with E-state index in [9.17, 15) is 48.9 Å². The molecule has 2 amide bonds. The van der Waals surface area contributed by atoms with E-state index in [-0.39, 0.29) is 24.0 Å². The minimum Gasteiger partial charge on any atom is -0.507 e. The van der Waals surface area contributed by atoms with Crippen molar-refractivity contribution in [2.45, 2.75) is 30.5 Å². The SMILES string of the molecule is COC(=O)C(CO)NC(=O)c1cccc(-c2ccc(O)c3c2C[C@H]2C[C@H]4C(N(C)C)C(=O)C(C(N)=O)C(=O)[C@@]4(O)C(=O)C2C3=O)c1. The van der Waals surface area contributed by atoms with E-state index in [1.807, 2.05) is 0 Å². The average Bonchev–Trinajstić information content (AvgIpc) is 3.01. The number of phenolic OH excluding ortho intramolecular Hbond substituents is 1. The number of primary amides is 1. The molecule has 0 saturated heterocycles. The lowest BCUT2D eigenvalue weighted by atomic mass is 9.52. The molecule has 14 nitrogen and oxygen atoms in total. The van der Waals surface area contributed by atoms with Crippen LogP contribution in [0.1, 0.15) is 32.7 Å². The number of hydrogen-bond acceptors (Lipinski definition) is 12. The third-order valence-corrected chi connectivity index (χ3v) is 9.35. The van der Waals surface area contributed by atoms with Crippen molar-refractivity contribution >= 4 is 40.9 Å². The Balaban J connectivity index is 1.57. The number of aliphatic hydroxyl groups excluding tert-OH is 1. The highest BCUT2D eigenvalue weighted by molar-refractivity contribution is 6.32. The summed E-state index contributed by atoms with van der Waals surface area (Å²) in [5, 5.41) is 34.4. The van der Waals surface area contributed by atoms with Crippen LogP contribution in [0.3, 0.4) is 0 Å². The predicted octanol–water partition coefficient (Wildman–Crippen LogP) is -1.20. The summed E-state index contributed by atoms with van der Waals surface area (Å²) in [5.74, 6) is -13.1. The van der Waals surface area contributed by atoms with Gasteiger partial charge in [-0.25, -0.2) is 4.79 Å². The molecule has 0 heterocycles. The lowest BCUT2D eigenvalue weighted by Crippen LogP contribution is -2.74. The molecule has 0 aromatic heterocycles. The van der Waals surface area contributed by atoms with Crippen LogP contribution in [0.15, 0.2) is 36.4 Å². The number of hydrogen-bond donors (Lipinski definition) is 5. The number of ether oxygens (including phenoxy) is 1. The molecule has 3 aliphatic carbocycles. The molecule has 242 valence electrons. The first-order valence-electron chi connectivity index (χ1n) is 14.5. The van der Waals surface area contributed by atoms with Gasteiger partial charge in [0.25, 0.3) is 5.91 Å². The van der Waals surface area contributed by atoms with Crippen molar-refractivity contribution in [3.8, 4) is 16.9 Å². The molecule has 2 aromatic rings. The maximum atomic E-state index is 14.0. The number of likely N-dealkylation sites (N-methyl/N-ethyl adjacent to an activating group) is 1. The van der Waals surface area contributed by atoms with Crippen molar-refractivity contribution in [2.24, 2.45) is 29.4 Å². The van der Waals surface area contributed by atoms with Crippen LogP contribution in [0.5, 0.6) is 5.75 Å². The first-order chi connectivity index (χ1) is 21.7. The summed E-state index contributed by atoms with van der Waals surface area (Å²) in [6, 6.07) is 6.42. The van der Waals surface area contributed by atoms with E-state index < -0.39 is 94.6 Å². The minimum atomic E-state index is -2.83. The molecule has 2 fully saturated rings. The fourth-order valence-electron chi connectivity index (χ4n) is 7.27. The predicted molar refractivity (Wildman–Crippen MR) is 157 cm³/mol. The number of aromatic hydroxyl groups is 1. The maximum absolute atomic E-state index is 14.0. The summed E-state index contributed by atoms with van der Waals surface area (Å²) in [5.41, 5.74) is 3.69. The molecule has 3 aliphatic rings. The Bertz CT molecular complexity index is 1700. The molecule has 6 N–H and O–H groups in total. The van der Waals surface area contributed by atoms with E-state index in [0.717, 1.165) is 7.11 Å². The number of esters is 1. The van der Waals surface area contributed by atoms with E-state index in [4.69, 9.17) is 5.73 Å². The van der Waals surface area contributed by atoms with Gasteiger partial charge >= 0.3 is 5.97 Å². The number of benzene rings is 2. The standard InChI is InChI=1S/C32H33N3O11/c1-35(2)24-18-11-15-10-17-16(13-5-4-6-14(9-13)30(43)34-19(12-36)31(44)46-3)7-8-20(37)22(17)25(38)21(15)27(40)32(18,45)28(41)23(26(24)39)29(33)42/h4-9,15,18-19,21,23-24,36-37,45H,10-12H2,1-3H3,(H2,33,42)(H,34,43)/t15-,18-,19?,21?,23?,24?,32-/m0/s1. The highest BCUT2D eigenvalue weighted by Gasteiger charge is 2.69. The van der Waals surface area contributed by atoms with Gasteiger partial charge < -0.3 is 31.1 Å². The number of nitrogens with zero attached hydrogens (tertiary/aromatic N) is 1. The average molecular weight is 636 g/mol. The summed E-state index contributed by atoms with van der Waals surface area (Å²) < 4.78 is 4.58. The molecule has 0 aliphatic heterocycles. The van der Waals surface area contributed by atoms with E-state index >= 15 is 0 Å². The van der Waals surface area contributed by atoms with Gasteiger partial charge in [0.05, 0.1) is 31.2 Å². The summed E-state index contributed by atoms with van der Waals surface area (Å²) >= 11 is 0. The first-order valence-corrected chi connectivity index (χ1v) is 14.5. The van der Waals surface area contributed by atoms with Gasteiger partial charge in [-0.2, -0.15) is 0 Å². The molecule has 46 heavy (non-hydrogen) atoms. The minimum absolute atomic E-state index is 0.0287. The molecule has 7 atom stereocenters. The molecular formula is C32H33N3O11. The number of methoxy groups -OCH3 is 1. The number of carbonyl (C=O) groups excluding carboxylic acids is 7. The van der Waals surface area contributed by atoms with E-state index in [2.05, 4.69) is 10.1 Å². The lowest BCUT2D eigenvalue weighted by molar-refractivity contribution is -0.181. The number of Topliss-reactive ketones (excluding diaryl/α,β-unsaturated/α-hetero) is 4. The zero-order valence-corrected chi connectivity index (χ0v) is 25.2. The second-order valence-corrected chi connectivity index (χ2v) is 12.1. The van der Waals surface area contributed by atoms with Crippen LogP contribution in [-0.2, 0) is 35.1 Å². The highest BCUT2D eigenvalue weighted by atomic mass is 16.5. The van der Waals surface area contributed by atoms with Gasteiger partial charge in [0, 0.05) is 11.5 Å². The van der Waals surface area contributed by atoms with Crippen molar-refractivity contribution in [2.75, 3.05) is 27.8 Å². The fourth-order valence-corrected chi connectivity index (χ4v) is 7.27. The number of amides is 2. The van der Waals surface area contributed by atoms with Crippen molar-refractivity contribution < 1.29 is 53.6 Å². The van der Waals surface area contributed by atoms with E-state index in [1.54, 1.807) is 18.2 Å². The molecule has 4 unspecified atom stereocenters. The zero-order valence-electron chi connectivity index (χ0n) is 25.2. The normalized spacial score (nSPS) is 27.7. The Labute approximate surface area is 262 Å². The second kappa shape index (κ2) is 11.9. The van der Waals surface area contributed by atoms with Crippen molar-refractivity contribution in [3.05, 3.63) is 53.1 Å². The van der Waals surface area contributed by atoms with Crippen molar-refractivity contribution in [3.63, 3.8) is 0 Å². The monoisotopic (exact) mass is 635 g/mol. The molecule has 5 rings (SSSR count). The maximum Gasteiger partial charge on any atom is 0.330 e. The Kier molecular flexibility index (Phi) is 8.40. The Morgan fingerprint density at radius 3 is 2.41 bits per heavy atom. The number of ketones is 4. The zero-order chi connectivity index (χ0) is 33.8. The Morgan fingerprint density at radius 2 is 1.80 bits per heavy atom. The number of nitrogens with one attached hydrogen (secondary N) is 1. The third-order valence-electron chi connectivity index (χ3n) is 9.35. The molecule has 0 spiro atoms. The van der Waals surface area contributed by atoms with Gasteiger partial charge in [-0.1, -0.05) is 18.2 Å². The van der Waals surface area contributed by atoms with Crippen LogP contribution in [-0.4, -0.2) is 107 Å². The van der Waals surface area contributed by atoms with Gasteiger partial charge in [-0.05, 0) is 67.7 Å². The Hall–Kier alpha value is -4.79. The van der Waals surface area contributed by atoms with Crippen LogP contribution in [0.25, 0.3) is 11.1 Å². The lowest BCUT2D eigenvalue weighted by Gasteiger charge is -2.52. The van der Waals surface area contributed by atoms with Gasteiger partial charge in [-0.3, -0.25) is 33.7 Å². The fraction of sp³-hybridized carbons (Fsp3) is 0.406. The van der Waals surface area contributed by atoms with E-state index in [0.29, 0.717) is 16.7 Å². The molecule has 14 heteroatoms. The third kappa shape index (κ3) is 4.89. The largest absolute Gasteiger partial charge is 0.507 e. The molecule has 2 saturated carbocycles. The van der Waals surface area contributed by atoms with Gasteiger partial charge in [0.2, 0.25) is 5.91 Å². The number of aliphatic hydroxyl groups is 2. The number of fused-ring (bicyclic) bond motifs is 3. The molecule has 2 aromatic carbocycles. The smallest absolute Gasteiger partial charge is 0.330 e. The van der Waals surface area contributed by atoms with Crippen LogP contribution >= 0.6 is 0 Å². The number of phenols is 1. The quantitative estimate of drug-likeness (QED) is 0.178. The molecule has 0 bridgehead atoms.